The van der Waals surface area contributed by atoms with Crippen molar-refractivity contribution in [2.75, 3.05) is 11.4 Å². The van der Waals surface area contributed by atoms with Crippen LogP contribution in [0.2, 0.25) is 0 Å². The van der Waals surface area contributed by atoms with Gasteiger partial charge in [0.05, 0.1) is 0 Å². The zero-order valence-electron chi connectivity index (χ0n) is 11.9. The molecule has 0 saturated carbocycles. The van der Waals surface area contributed by atoms with Crippen LogP contribution in [0, 0.1) is 0 Å². The van der Waals surface area contributed by atoms with Crippen molar-refractivity contribution in [3.05, 3.63) is 53.7 Å². The molecule has 20 heavy (non-hydrogen) atoms. The maximum atomic E-state index is 5.89. The lowest BCUT2D eigenvalue weighted by Crippen LogP contribution is -2.19. The second-order valence-corrected chi connectivity index (χ2v) is 5.48. The topological polar surface area (TPSA) is 42.1 Å². The number of hydrogen-bond donors (Lipinski definition) is 1. The summed E-state index contributed by atoms with van der Waals surface area (Å²) < 4.78 is 0. The molecule has 0 bridgehead atoms. The molecule has 0 aliphatic carbocycles. The molecule has 2 N–H and O–H groups in total. The van der Waals surface area contributed by atoms with E-state index in [1.807, 2.05) is 13.1 Å². The summed E-state index contributed by atoms with van der Waals surface area (Å²) in [5.41, 5.74) is 9.69. The highest BCUT2D eigenvalue weighted by Crippen LogP contribution is 2.31. The van der Waals surface area contributed by atoms with Gasteiger partial charge in [0, 0.05) is 24.5 Å². The molecule has 0 spiro atoms. The van der Waals surface area contributed by atoms with Crippen molar-refractivity contribution in [3.63, 3.8) is 0 Å². The molecular weight excluding hydrogens is 246 g/mol. The molecule has 0 fully saturated rings. The van der Waals surface area contributed by atoms with Gasteiger partial charge in [-0.25, -0.2) is 4.98 Å². The normalized spacial score (nSPS) is 16.4. The molecule has 1 aliphatic heterocycles. The first-order valence-corrected chi connectivity index (χ1v) is 7.32. The Balaban J connectivity index is 1.97. The van der Waals surface area contributed by atoms with Gasteiger partial charge in [0.1, 0.15) is 5.82 Å². The summed E-state index contributed by atoms with van der Waals surface area (Å²) in [6, 6.07) is 12.9. The molecule has 2 heterocycles. The molecule has 3 rings (SSSR count). The van der Waals surface area contributed by atoms with Crippen LogP contribution in [0.4, 0.5) is 11.5 Å². The van der Waals surface area contributed by atoms with E-state index in [1.165, 1.54) is 24.1 Å². The van der Waals surface area contributed by atoms with Gasteiger partial charge in [0.15, 0.2) is 0 Å². The first kappa shape index (κ1) is 13.1. The van der Waals surface area contributed by atoms with Crippen LogP contribution in [0.25, 0.3) is 0 Å². The van der Waals surface area contributed by atoms with E-state index < -0.39 is 0 Å². The number of benzene rings is 1. The Morgan fingerprint density at radius 2 is 2.00 bits per heavy atom. The van der Waals surface area contributed by atoms with E-state index in [1.54, 1.807) is 0 Å². The fourth-order valence-corrected chi connectivity index (χ4v) is 2.76. The number of aromatic nitrogens is 1. The van der Waals surface area contributed by atoms with Crippen molar-refractivity contribution in [1.82, 2.24) is 4.98 Å². The molecule has 0 unspecified atom stereocenters. The maximum Gasteiger partial charge on any atom is 0.132 e. The average Bonchev–Trinajstić information content (AvgIpc) is 2.69. The lowest BCUT2D eigenvalue weighted by molar-refractivity contribution is 0.756. The number of anilines is 2. The summed E-state index contributed by atoms with van der Waals surface area (Å²) in [6.45, 7) is 3.01. The van der Waals surface area contributed by atoms with Crippen LogP contribution in [0.15, 0.2) is 42.6 Å². The van der Waals surface area contributed by atoms with Crippen molar-refractivity contribution < 1.29 is 0 Å². The second-order valence-electron chi connectivity index (χ2n) is 5.48. The predicted octanol–water partition coefficient (Wildman–Crippen LogP) is 3.58. The summed E-state index contributed by atoms with van der Waals surface area (Å²) in [4.78, 5) is 6.94. The number of hydrogen-bond acceptors (Lipinski definition) is 3. The molecule has 3 heteroatoms. The van der Waals surface area contributed by atoms with E-state index >= 15 is 0 Å². The number of fused-ring (bicyclic) bond motifs is 1. The minimum atomic E-state index is 0.0352. The predicted molar refractivity (Wildman–Crippen MR) is 83.2 cm³/mol. The third-order valence-electron chi connectivity index (χ3n) is 3.93. The van der Waals surface area contributed by atoms with Gasteiger partial charge in [-0.3, -0.25) is 0 Å². The van der Waals surface area contributed by atoms with Crippen molar-refractivity contribution in [2.45, 2.75) is 32.2 Å². The average molecular weight is 267 g/mol. The molecule has 1 aliphatic rings. The lowest BCUT2D eigenvalue weighted by atomic mass is 10.1. The molecule has 3 nitrogen and oxygen atoms in total. The number of para-hydroxylation sites is 1. The van der Waals surface area contributed by atoms with Gasteiger partial charge in [0.25, 0.3) is 0 Å². The first-order chi connectivity index (χ1) is 9.75. The van der Waals surface area contributed by atoms with E-state index in [2.05, 4.69) is 46.3 Å². The van der Waals surface area contributed by atoms with Crippen LogP contribution in [0.3, 0.4) is 0 Å². The lowest BCUT2D eigenvalue weighted by Gasteiger charge is -2.24. The number of pyridine rings is 1. The van der Waals surface area contributed by atoms with Gasteiger partial charge in [-0.1, -0.05) is 24.3 Å². The third kappa shape index (κ3) is 2.54. The largest absolute Gasteiger partial charge is 0.326 e. The van der Waals surface area contributed by atoms with E-state index in [0.29, 0.717) is 0 Å². The van der Waals surface area contributed by atoms with E-state index in [4.69, 9.17) is 5.73 Å². The van der Waals surface area contributed by atoms with Crippen LogP contribution in [0.1, 0.15) is 36.9 Å². The minimum Gasteiger partial charge on any atom is -0.326 e. The highest BCUT2D eigenvalue weighted by Gasteiger charge is 2.17. The van der Waals surface area contributed by atoms with Gasteiger partial charge in [-0.15, -0.1) is 0 Å². The Kier molecular flexibility index (Phi) is 3.70. The Hall–Kier alpha value is -1.87. The van der Waals surface area contributed by atoms with E-state index in [-0.39, 0.29) is 6.04 Å². The van der Waals surface area contributed by atoms with Gasteiger partial charge in [-0.2, -0.15) is 0 Å². The molecule has 1 atom stereocenters. The van der Waals surface area contributed by atoms with Gasteiger partial charge in [-0.05, 0) is 49.4 Å². The van der Waals surface area contributed by atoms with Gasteiger partial charge in [0.2, 0.25) is 0 Å². The smallest absolute Gasteiger partial charge is 0.132 e. The van der Waals surface area contributed by atoms with Crippen molar-refractivity contribution in [2.24, 2.45) is 5.73 Å². The molecule has 104 valence electrons. The molecule has 0 radical (unpaired) electrons. The van der Waals surface area contributed by atoms with Crippen molar-refractivity contribution in [1.29, 1.82) is 0 Å². The molecule has 1 aromatic heterocycles. The monoisotopic (exact) mass is 267 g/mol. The summed E-state index contributed by atoms with van der Waals surface area (Å²) in [5, 5.41) is 0. The minimum absolute atomic E-state index is 0.0352. The summed E-state index contributed by atoms with van der Waals surface area (Å²) >= 11 is 0. The van der Waals surface area contributed by atoms with E-state index in [0.717, 1.165) is 24.3 Å². The second kappa shape index (κ2) is 5.63. The van der Waals surface area contributed by atoms with Crippen LogP contribution >= 0.6 is 0 Å². The zero-order chi connectivity index (χ0) is 13.9. The van der Waals surface area contributed by atoms with Crippen LogP contribution < -0.4 is 10.6 Å². The fourth-order valence-electron chi connectivity index (χ4n) is 2.76. The summed E-state index contributed by atoms with van der Waals surface area (Å²) in [7, 11) is 0. The van der Waals surface area contributed by atoms with Gasteiger partial charge >= 0.3 is 0 Å². The Labute approximate surface area is 120 Å². The van der Waals surface area contributed by atoms with Crippen LogP contribution in [-0.4, -0.2) is 11.5 Å². The quantitative estimate of drug-likeness (QED) is 0.904. The Morgan fingerprint density at radius 3 is 2.75 bits per heavy atom. The molecule has 1 aromatic carbocycles. The molecule has 0 saturated heterocycles. The fraction of sp³-hybridized carbons (Fsp3) is 0.353. The first-order valence-electron chi connectivity index (χ1n) is 7.32. The maximum absolute atomic E-state index is 5.89. The van der Waals surface area contributed by atoms with Crippen molar-refractivity contribution in [3.8, 4) is 0 Å². The highest BCUT2D eigenvalue weighted by molar-refractivity contribution is 5.64. The van der Waals surface area contributed by atoms with Crippen LogP contribution in [-0.2, 0) is 6.42 Å². The van der Waals surface area contributed by atoms with E-state index in [9.17, 15) is 0 Å². The summed E-state index contributed by atoms with van der Waals surface area (Å²) in [6.07, 6.45) is 5.49. The Bertz CT molecular complexity index is 575. The molecule has 2 aromatic rings. The van der Waals surface area contributed by atoms with Gasteiger partial charge < -0.3 is 10.6 Å². The highest BCUT2D eigenvalue weighted by atomic mass is 15.2. The number of nitrogens with zero attached hydrogens (tertiary/aromatic N) is 2. The molecular formula is C17H21N3. The standard InChI is InChI=1S/C17H21N3/c1-13(18)15-9-10-17(19-12-15)20-11-5-4-7-14-6-2-3-8-16(14)20/h2-3,6,8-10,12-13H,4-5,7,11,18H2,1H3/t13-/m0/s1. The SMILES string of the molecule is C[C@H](N)c1ccc(N2CCCCc3ccccc32)nc1. The Morgan fingerprint density at radius 1 is 1.15 bits per heavy atom. The number of rotatable bonds is 2. The number of nitrogens with two attached hydrogens (primary N) is 1. The third-order valence-corrected chi connectivity index (χ3v) is 3.93. The summed E-state index contributed by atoms with van der Waals surface area (Å²) in [5.74, 6) is 1.02. The molecule has 0 amide bonds. The van der Waals surface area contributed by atoms with Crippen molar-refractivity contribution >= 4 is 11.5 Å². The number of aryl methyl sites for hydroxylation is 1. The van der Waals surface area contributed by atoms with Crippen LogP contribution in [0.5, 0.6) is 0 Å². The zero-order valence-corrected chi connectivity index (χ0v) is 11.9.